The predicted octanol–water partition coefficient (Wildman–Crippen LogP) is 11.6. The molecule has 1 aliphatic rings. The Bertz CT molecular complexity index is 2780. The number of hydrogen-bond acceptors (Lipinski definition) is 3. The number of aromatic nitrogens is 3. The van der Waals surface area contributed by atoms with Crippen LogP contribution in [0.4, 0.5) is 0 Å². The standard InChI is InChI=1S/C45H29N3/c1-3-14-36-34(12-1)35-13-2-4-15-37(35)42-41(36)39-16-5-6-17-40(39)48-43(42)32-10-7-9-31(27-32)28-18-20-29(21-19-28)33-24-26-47-45-38(33)23-22-30-11-8-25-46-44(30)45/h1-4,6-15,17-27H,5,16H2. The molecular weight excluding hydrogens is 583 g/mol. The van der Waals surface area contributed by atoms with Gasteiger partial charge in [-0.2, -0.15) is 0 Å². The van der Waals surface area contributed by atoms with Gasteiger partial charge in [-0.15, -0.1) is 0 Å². The fourth-order valence-corrected chi connectivity index (χ4v) is 7.79. The fourth-order valence-electron chi connectivity index (χ4n) is 7.79. The maximum atomic E-state index is 5.41. The van der Waals surface area contributed by atoms with Crippen molar-refractivity contribution in [3.63, 3.8) is 0 Å². The van der Waals surface area contributed by atoms with Crippen LogP contribution in [0.5, 0.6) is 0 Å². The Kier molecular flexibility index (Phi) is 6.00. The summed E-state index contributed by atoms with van der Waals surface area (Å²) >= 11 is 0. The highest BCUT2D eigenvalue weighted by Gasteiger charge is 2.21. The van der Waals surface area contributed by atoms with E-state index in [-0.39, 0.29) is 0 Å². The number of benzene rings is 6. The van der Waals surface area contributed by atoms with E-state index in [4.69, 9.17) is 9.97 Å². The second-order valence-corrected chi connectivity index (χ2v) is 12.7. The summed E-state index contributed by atoms with van der Waals surface area (Å²) in [5, 5.41) is 9.94. The van der Waals surface area contributed by atoms with Crippen LogP contribution in [0.1, 0.15) is 17.7 Å². The van der Waals surface area contributed by atoms with Crippen molar-refractivity contribution in [2.45, 2.75) is 12.8 Å². The van der Waals surface area contributed by atoms with Gasteiger partial charge < -0.3 is 0 Å². The average Bonchev–Trinajstić information content (AvgIpc) is 3.17. The van der Waals surface area contributed by atoms with Crippen molar-refractivity contribution in [3.05, 3.63) is 157 Å². The molecule has 3 heterocycles. The SMILES string of the molecule is C1=Cc2nc(-c3cccc(-c4ccc(-c5ccnc6c5ccc5cccnc56)cc4)c3)c3c4ccccc4c4ccccc4c3c2CC1. The highest BCUT2D eigenvalue weighted by Crippen LogP contribution is 2.43. The van der Waals surface area contributed by atoms with Crippen molar-refractivity contribution < 1.29 is 0 Å². The summed E-state index contributed by atoms with van der Waals surface area (Å²) in [6, 6.07) is 45.9. The van der Waals surface area contributed by atoms with Gasteiger partial charge in [0.2, 0.25) is 0 Å². The third-order valence-electron chi connectivity index (χ3n) is 10.00. The van der Waals surface area contributed by atoms with Gasteiger partial charge in [0.1, 0.15) is 0 Å². The zero-order valence-corrected chi connectivity index (χ0v) is 26.2. The Morgan fingerprint density at radius 2 is 1.21 bits per heavy atom. The fraction of sp³-hybridized carbons (Fsp3) is 0.0444. The van der Waals surface area contributed by atoms with E-state index >= 15 is 0 Å². The average molecular weight is 612 g/mol. The molecule has 0 aliphatic heterocycles. The molecule has 0 unspecified atom stereocenters. The molecule has 10 rings (SSSR count). The number of pyridine rings is 3. The van der Waals surface area contributed by atoms with Crippen molar-refractivity contribution >= 4 is 60.2 Å². The molecule has 0 saturated carbocycles. The van der Waals surface area contributed by atoms with Gasteiger partial charge in [-0.1, -0.05) is 115 Å². The molecule has 1 aliphatic carbocycles. The number of rotatable bonds is 3. The van der Waals surface area contributed by atoms with E-state index in [1.807, 2.05) is 18.5 Å². The van der Waals surface area contributed by atoms with E-state index in [2.05, 4.69) is 138 Å². The first-order chi connectivity index (χ1) is 23.8. The van der Waals surface area contributed by atoms with E-state index in [0.29, 0.717) is 0 Å². The number of allylic oxidation sites excluding steroid dienone is 1. The minimum absolute atomic E-state index is 0.933. The lowest BCUT2D eigenvalue weighted by atomic mass is 9.86. The molecule has 0 N–H and O–H groups in total. The summed E-state index contributed by atoms with van der Waals surface area (Å²) in [4.78, 5) is 14.8. The van der Waals surface area contributed by atoms with Gasteiger partial charge >= 0.3 is 0 Å². The Morgan fingerprint density at radius 3 is 2.04 bits per heavy atom. The molecule has 3 nitrogen and oxygen atoms in total. The topological polar surface area (TPSA) is 38.7 Å². The largest absolute Gasteiger partial charge is 0.254 e. The predicted molar refractivity (Wildman–Crippen MR) is 201 cm³/mol. The second-order valence-electron chi connectivity index (χ2n) is 12.7. The van der Waals surface area contributed by atoms with Crippen LogP contribution in [0.25, 0.3) is 93.7 Å². The molecule has 224 valence electrons. The number of hydrogen-bond donors (Lipinski definition) is 0. The van der Waals surface area contributed by atoms with Crippen molar-refractivity contribution in [2.24, 2.45) is 0 Å². The van der Waals surface area contributed by atoms with Crippen molar-refractivity contribution in [2.75, 3.05) is 0 Å². The van der Waals surface area contributed by atoms with Crippen LogP contribution in [0.3, 0.4) is 0 Å². The zero-order chi connectivity index (χ0) is 31.6. The number of aryl methyl sites for hydroxylation is 1. The lowest BCUT2D eigenvalue weighted by Gasteiger charge is -2.20. The van der Waals surface area contributed by atoms with Gasteiger partial charge in [-0.3, -0.25) is 9.97 Å². The molecule has 3 aromatic heterocycles. The molecule has 0 spiro atoms. The van der Waals surface area contributed by atoms with Gasteiger partial charge in [0, 0.05) is 34.1 Å². The Balaban J connectivity index is 1.13. The summed E-state index contributed by atoms with van der Waals surface area (Å²) in [7, 11) is 0. The summed E-state index contributed by atoms with van der Waals surface area (Å²) in [5.41, 5.74) is 11.1. The van der Waals surface area contributed by atoms with Crippen LogP contribution in [0.2, 0.25) is 0 Å². The number of nitrogens with zero attached hydrogens (tertiary/aromatic N) is 3. The Labute approximate surface area is 277 Å². The maximum absolute atomic E-state index is 5.41. The monoisotopic (exact) mass is 611 g/mol. The number of fused-ring (bicyclic) bond motifs is 11. The highest BCUT2D eigenvalue weighted by molar-refractivity contribution is 6.29. The van der Waals surface area contributed by atoms with Crippen molar-refractivity contribution in [1.29, 1.82) is 0 Å². The van der Waals surface area contributed by atoms with Gasteiger partial charge in [0.15, 0.2) is 0 Å². The van der Waals surface area contributed by atoms with Gasteiger partial charge in [0.25, 0.3) is 0 Å². The molecule has 0 fully saturated rings. The summed E-state index contributed by atoms with van der Waals surface area (Å²) < 4.78 is 0. The van der Waals surface area contributed by atoms with E-state index in [1.54, 1.807) is 0 Å². The lowest BCUT2D eigenvalue weighted by molar-refractivity contribution is 0.980. The molecule has 0 amide bonds. The molecule has 9 aromatic rings. The molecule has 48 heavy (non-hydrogen) atoms. The van der Waals surface area contributed by atoms with Gasteiger partial charge in [-0.05, 0) is 91.9 Å². The molecule has 0 bridgehead atoms. The van der Waals surface area contributed by atoms with Crippen molar-refractivity contribution in [3.8, 4) is 33.5 Å². The normalized spacial score (nSPS) is 12.8. The van der Waals surface area contributed by atoms with Crippen LogP contribution >= 0.6 is 0 Å². The first-order valence-electron chi connectivity index (χ1n) is 16.6. The maximum Gasteiger partial charge on any atom is 0.0970 e. The summed E-state index contributed by atoms with van der Waals surface area (Å²) in [6.07, 6.45) is 10.2. The molecule has 3 heteroatoms. The van der Waals surface area contributed by atoms with Crippen LogP contribution in [0, 0.1) is 0 Å². The molecule has 6 aromatic carbocycles. The third-order valence-corrected chi connectivity index (χ3v) is 10.00. The smallest absolute Gasteiger partial charge is 0.0970 e. The van der Waals surface area contributed by atoms with E-state index in [1.165, 1.54) is 49.0 Å². The molecule has 0 saturated heterocycles. The molecular formula is C45H29N3. The second kappa shape index (κ2) is 10.7. The molecule has 0 radical (unpaired) electrons. The summed E-state index contributed by atoms with van der Waals surface area (Å²) in [5.74, 6) is 0. The van der Waals surface area contributed by atoms with Crippen LogP contribution in [-0.2, 0) is 6.42 Å². The zero-order valence-electron chi connectivity index (χ0n) is 26.2. The third kappa shape index (κ3) is 4.11. The Hall–Kier alpha value is -6.19. The minimum Gasteiger partial charge on any atom is -0.254 e. The lowest BCUT2D eigenvalue weighted by Crippen LogP contribution is -2.02. The summed E-state index contributed by atoms with van der Waals surface area (Å²) in [6.45, 7) is 0. The van der Waals surface area contributed by atoms with Gasteiger partial charge in [0.05, 0.1) is 22.4 Å². The molecule has 0 atom stereocenters. The van der Waals surface area contributed by atoms with Crippen molar-refractivity contribution in [1.82, 2.24) is 15.0 Å². The Morgan fingerprint density at radius 1 is 0.479 bits per heavy atom. The van der Waals surface area contributed by atoms with E-state index < -0.39 is 0 Å². The minimum atomic E-state index is 0.933. The first kappa shape index (κ1) is 27.0. The highest BCUT2D eigenvalue weighted by atomic mass is 14.7. The quantitative estimate of drug-likeness (QED) is 0.187. The van der Waals surface area contributed by atoms with Gasteiger partial charge in [-0.25, -0.2) is 4.98 Å². The van der Waals surface area contributed by atoms with Crippen LogP contribution < -0.4 is 0 Å². The van der Waals surface area contributed by atoms with Crippen LogP contribution in [0.15, 0.2) is 146 Å². The van der Waals surface area contributed by atoms with Crippen LogP contribution in [-0.4, -0.2) is 15.0 Å². The first-order valence-corrected chi connectivity index (χ1v) is 16.6. The van der Waals surface area contributed by atoms with E-state index in [9.17, 15) is 0 Å². The van der Waals surface area contributed by atoms with E-state index in [0.717, 1.165) is 62.7 Å².